The molecule has 10 heteroatoms. The number of ether oxygens (including phenoxy) is 1. The van der Waals surface area contributed by atoms with Crippen LogP contribution in [0.1, 0.15) is 19.3 Å². The molecule has 0 radical (unpaired) electrons. The van der Waals surface area contributed by atoms with E-state index >= 15 is 0 Å². The lowest BCUT2D eigenvalue weighted by molar-refractivity contribution is -0.757. The molecule has 2 aliphatic rings. The standard InChI is InChI=1S/C15H22N4O6/c20-14(16-6-10-25-19(22)23)13-5-4-7-17(11-13)12-24-15(21)18-8-2-1-3-9-18/h4-5,7H,1-3,6,8-12H2,(H,16,20). The van der Waals surface area contributed by atoms with Gasteiger partial charge < -0.3 is 24.7 Å². The molecule has 138 valence electrons. The zero-order chi connectivity index (χ0) is 18.1. The maximum Gasteiger partial charge on any atom is 0.411 e. The largest absolute Gasteiger partial charge is 0.428 e. The summed E-state index contributed by atoms with van der Waals surface area (Å²) in [5.41, 5.74) is 0.470. The fourth-order valence-corrected chi connectivity index (χ4v) is 2.55. The second kappa shape index (κ2) is 9.50. The van der Waals surface area contributed by atoms with Gasteiger partial charge in [0.15, 0.2) is 6.73 Å². The average molecular weight is 354 g/mol. The van der Waals surface area contributed by atoms with Crippen molar-refractivity contribution in [3.8, 4) is 0 Å². The molecule has 0 aliphatic carbocycles. The van der Waals surface area contributed by atoms with Crippen LogP contribution in [0.2, 0.25) is 0 Å². The van der Waals surface area contributed by atoms with Crippen LogP contribution < -0.4 is 5.32 Å². The smallest absolute Gasteiger partial charge is 0.411 e. The van der Waals surface area contributed by atoms with Gasteiger partial charge in [0, 0.05) is 31.4 Å². The van der Waals surface area contributed by atoms with Crippen LogP contribution in [0.25, 0.3) is 0 Å². The second-order valence-electron chi connectivity index (χ2n) is 5.68. The van der Waals surface area contributed by atoms with Crippen LogP contribution in [0.5, 0.6) is 0 Å². The Morgan fingerprint density at radius 1 is 1.28 bits per heavy atom. The number of hydrogen-bond acceptors (Lipinski definition) is 7. The summed E-state index contributed by atoms with van der Waals surface area (Å²) in [6, 6.07) is 0. The first-order valence-corrected chi connectivity index (χ1v) is 8.15. The van der Waals surface area contributed by atoms with Gasteiger partial charge in [-0.05, 0) is 25.3 Å². The highest BCUT2D eigenvalue weighted by Gasteiger charge is 2.20. The zero-order valence-electron chi connectivity index (χ0n) is 13.9. The van der Waals surface area contributed by atoms with E-state index < -0.39 is 5.09 Å². The van der Waals surface area contributed by atoms with E-state index in [9.17, 15) is 19.7 Å². The molecule has 0 spiro atoms. The highest BCUT2D eigenvalue weighted by Crippen LogP contribution is 2.11. The molecule has 2 rings (SSSR count). The summed E-state index contributed by atoms with van der Waals surface area (Å²) >= 11 is 0. The van der Waals surface area contributed by atoms with Crippen LogP contribution in [0.4, 0.5) is 4.79 Å². The predicted octanol–water partition coefficient (Wildman–Crippen LogP) is 0.647. The minimum Gasteiger partial charge on any atom is -0.428 e. The van der Waals surface area contributed by atoms with Crippen LogP contribution in [0, 0.1) is 10.1 Å². The quantitative estimate of drug-likeness (QED) is 0.405. The van der Waals surface area contributed by atoms with Crippen molar-refractivity contribution in [3.05, 3.63) is 34.0 Å². The monoisotopic (exact) mass is 354 g/mol. The fraction of sp³-hybridized carbons (Fsp3) is 0.600. The summed E-state index contributed by atoms with van der Waals surface area (Å²) in [4.78, 5) is 41.5. The molecule has 1 saturated heterocycles. The van der Waals surface area contributed by atoms with Crippen LogP contribution in [0.3, 0.4) is 0 Å². The molecule has 0 unspecified atom stereocenters. The lowest BCUT2D eigenvalue weighted by atomic mass is 10.1. The highest BCUT2D eigenvalue weighted by atomic mass is 16.9. The van der Waals surface area contributed by atoms with E-state index in [1.54, 1.807) is 28.2 Å². The van der Waals surface area contributed by atoms with Crippen LogP contribution >= 0.6 is 0 Å². The summed E-state index contributed by atoms with van der Waals surface area (Å²) in [7, 11) is 0. The van der Waals surface area contributed by atoms with Crippen molar-refractivity contribution in [1.29, 1.82) is 0 Å². The number of amides is 2. The third-order valence-corrected chi connectivity index (χ3v) is 3.81. The molecule has 1 fully saturated rings. The minimum absolute atomic E-state index is 0.0326. The van der Waals surface area contributed by atoms with Gasteiger partial charge in [-0.25, -0.2) is 4.79 Å². The third kappa shape index (κ3) is 6.32. The molecular formula is C15H22N4O6. The minimum atomic E-state index is -0.910. The van der Waals surface area contributed by atoms with Crippen LogP contribution in [-0.2, 0) is 14.4 Å². The Morgan fingerprint density at radius 3 is 2.76 bits per heavy atom. The Balaban J connectivity index is 1.70. The predicted molar refractivity (Wildman–Crippen MR) is 86.7 cm³/mol. The Morgan fingerprint density at radius 2 is 2.04 bits per heavy atom. The first-order chi connectivity index (χ1) is 12.1. The number of carbonyl (C=O) groups is 2. The third-order valence-electron chi connectivity index (χ3n) is 3.81. The van der Waals surface area contributed by atoms with Crippen molar-refractivity contribution in [3.63, 3.8) is 0 Å². The molecule has 25 heavy (non-hydrogen) atoms. The van der Waals surface area contributed by atoms with Gasteiger partial charge in [-0.2, -0.15) is 0 Å². The van der Waals surface area contributed by atoms with Crippen LogP contribution in [0.15, 0.2) is 23.9 Å². The number of piperidine rings is 1. The molecular weight excluding hydrogens is 332 g/mol. The molecule has 2 heterocycles. The lowest BCUT2D eigenvalue weighted by Crippen LogP contribution is -2.39. The van der Waals surface area contributed by atoms with Crippen molar-refractivity contribution in [1.82, 2.24) is 15.1 Å². The molecule has 0 saturated carbocycles. The van der Waals surface area contributed by atoms with Gasteiger partial charge in [0.1, 0.15) is 6.61 Å². The molecule has 1 N–H and O–H groups in total. The molecule has 0 bridgehead atoms. The van der Waals surface area contributed by atoms with E-state index in [0.717, 1.165) is 19.3 Å². The lowest BCUT2D eigenvalue weighted by Gasteiger charge is -2.28. The van der Waals surface area contributed by atoms with Crippen molar-refractivity contribution in [2.75, 3.05) is 39.5 Å². The summed E-state index contributed by atoms with van der Waals surface area (Å²) in [5.74, 6) is -0.344. The fourth-order valence-electron chi connectivity index (χ4n) is 2.55. The molecule has 0 aromatic rings. The van der Waals surface area contributed by atoms with E-state index in [2.05, 4.69) is 10.2 Å². The number of hydrogen-bond donors (Lipinski definition) is 1. The summed E-state index contributed by atoms with van der Waals surface area (Å²) in [6.07, 6.45) is 7.83. The number of nitrogens with one attached hydrogen (secondary N) is 1. The van der Waals surface area contributed by atoms with Crippen molar-refractivity contribution in [2.24, 2.45) is 0 Å². The number of allylic oxidation sites excluding steroid dienone is 2. The van der Waals surface area contributed by atoms with Gasteiger partial charge in [0.2, 0.25) is 5.91 Å². The van der Waals surface area contributed by atoms with Gasteiger partial charge in [0.25, 0.3) is 5.09 Å². The average Bonchev–Trinajstić information content (AvgIpc) is 2.64. The normalized spacial score (nSPS) is 16.9. The van der Waals surface area contributed by atoms with Gasteiger partial charge in [0.05, 0.1) is 6.54 Å². The molecule has 2 aliphatic heterocycles. The maximum absolute atomic E-state index is 12.0. The van der Waals surface area contributed by atoms with Crippen molar-refractivity contribution in [2.45, 2.75) is 19.3 Å². The Bertz CT molecular complexity index is 556. The Hall–Kier alpha value is -2.78. The van der Waals surface area contributed by atoms with Gasteiger partial charge in [-0.1, -0.05) is 6.08 Å². The number of nitrogens with zero attached hydrogens (tertiary/aromatic N) is 3. The second-order valence-corrected chi connectivity index (χ2v) is 5.68. The van der Waals surface area contributed by atoms with E-state index in [1.807, 2.05) is 0 Å². The summed E-state index contributed by atoms with van der Waals surface area (Å²) in [6.45, 7) is 1.60. The maximum atomic E-state index is 12.0. The Kier molecular flexibility index (Phi) is 7.05. The first-order valence-electron chi connectivity index (χ1n) is 8.15. The molecule has 10 nitrogen and oxygen atoms in total. The summed E-state index contributed by atoms with van der Waals surface area (Å²) < 4.78 is 5.28. The van der Waals surface area contributed by atoms with E-state index in [1.165, 1.54) is 0 Å². The van der Waals surface area contributed by atoms with E-state index in [4.69, 9.17) is 4.74 Å². The number of carbonyl (C=O) groups excluding carboxylic acids is 2. The zero-order valence-corrected chi connectivity index (χ0v) is 13.9. The molecule has 0 aromatic carbocycles. The molecule has 2 amide bonds. The van der Waals surface area contributed by atoms with Crippen molar-refractivity contribution < 1.29 is 24.3 Å². The molecule has 0 aromatic heterocycles. The van der Waals surface area contributed by atoms with Gasteiger partial charge in [-0.15, -0.1) is 10.1 Å². The number of likely N-dealkylation sites (tertiary alicyclic amines) is 1. The van der Waals surface area contributed by atoms with Gasteiger partial charge in [-0.3, -0.25) is 4.79 Å². The SMILES string of the molecule is O=C(NCCO[N+](=O)[O-])C1=CC=CN(COC(=O)N2CCCCC2)C1. The number of rotatable bonds is 7. The van der Waals surface area contributed by atoms with E-state index in [0.29, 0.717) is 18.7 Å². The molecule has 0 atom stereocenters. The first kappa shape index (κ1) is 18.6. The highest BCUT2D eigenvalue weighted by molar-refractivity contribution is 5.94. The van der Waals surface area contributed by atoms with Crippen molar-refractivity contribution >= 4 is 12.0 Å². The van der Waals surface area contributed by atoms with Crippen LogP contribution in [-0.4, -0.2) is 66.4 Å². The Labute approximate surface area is 145 Å². The van der Waals surface area contributed by atoms with Gasteiger partial charge >= 0.3 is 6.09 Å². The topological polar surface area (TPSA) is 114 Å². The summed E-state index contributed by atoms with van der Waals surface area (Å²) in [5, 5.41) is 11.7. The van der Waals surface area contributed by atoms with E-state index in [-0.39, 0.29) is 38.4 Å².